The standard InChI is InChI=1S/3C17H12.3C6H15N.9C2H6/c1-3-7-15-12(5-1)9-10-14-11-13-6-2-4-8-16(13)17(14)15;1-3-7-14-12(5-1)9-10-16-15-8-4-2-6-13(15)11-17(14)16;1-2-6-13-11-17-15(9-12(13)5-1)10-14-7-3-4-8-16(14)17;3*1-4-7(5-2)6-3;9*1-2/h2*1-10H,11H2;1-9,11H,10H2;3*4-6H2,1-3H3;9*1-2H3. The van der Waals surface area contributed by atoms with Gasteiger partial charge in [0.25, 0.3) is 0 Å². The molecular weight excluding hydrogens is 1090 g/mol. The molecule has 0 amide bonds. The van der Waals surface area contributed by atoms with Crippen LogP contribution in [0.25, 0.3) is 65.7 Å². The van der Waals surface area contributed by atoms with Crippen LogP contribution in [-0.2, 0) is 19.3 Å². The third kappa shape index (κ3) is 27.2. The van der Waals surface area contributed by atoms with Crippen LogP contribution < -0.4 is 0 Å². The Morgan fingerprint density at radius 3 is 0.944 bits per heavy atom. The van der Waals surface area contributed by atoms with E-state index in [-0.39, 0.29) is 0 Å². The molecule has 90 heavy (non-hydrogen) atoms. The lowest BCUT2D eigenvalue weighted by molar-refractivity contribution is 0.321. The Balaban J connectivity index is -0.000000993. The molecule has 9 aromatic carbocycles. The zero-order valence-corrected chi connectivity index (χ0v) is 63.1. The molecule has 3 heteroatoms. The molecule has 0 atom stereocenters. The lowest BCUT2D eigenvalue weighted by Gasteiger charge is -2.13. The summed E-state index contributed by atoms with van der Waals surface area (Å²) in [4.78, 5) is 7.12. The number of hydrogen-bond donors (Lipinski definition) is 0. The van der Waals surface area contributed by atoms with Gasteiger partial charge in [-0.05, 0) is 183 Å². The van der Waals surface area contributed by atoms with Crippen LogP contribution in [0.5, 0.6) is 0 Å². The van der Waals surface area contributed by atoms with E-state index in [1.54, 1.807) is 0 Å². The molecule has 12 rings (SSSR count). The van der Waals surface area contributed by atoms with Crippen molar-refractivity contribution in [2.45, 2.75) is 206 Å². The Morgan fingerprint density at radius 1 is 0.222 bits per heavy atom. The quantitative estimate of drug-likeness (QED) is 0.143. The average molecular weight is 1220 g/mol. The molecule has 0 heterocycles. The van der Waals surface area contributed by atoms with Gasteiger partial charge in [0.05, 0.1) is 0 Å². The highest BCUT2D eigenvalue weighted by Gasteiger charge is 2.21. The third-order valence-electron chi connectivity index (χ3n) is 15.1. The molecule has 0 bridgehead atoms. The van der Waals surface area contributed by atoms with Crippen molar-refractivity contribution in [1.29, 1.82) is 0 Å². The third-order valence-corrected chi connectivity index (χ3v) is 15.1. The fourth-order valence-corrected chi connectivity index (χ4v) is 10.7. The Bertz CT molecular complexity index is 3050. The van der Waals surface area contributed by atoms with E-state index < -0.39 is 0 Å². The van der Waals surface area contributed by atoms with E-state index in [1.807, 2.05) is 125 Å². The first-order chi connectivity index (χ1) is 44.3. The fourth-order valence-electron chi connectivity index (χ4n) is 10.7. The van der Waals surface area contributed by atoms with Gasteiger partial charge in [0.1, 0.15) is 0 Å². The first-order valence-corrected chi connectivity index (χ1v) is 36.3. The van der Waals surface area contributed by atoms with Crippen molar-refractivity contribution in [2.24, 2.45) is 0 Å². The van der Waals surface area contributed by atoms with Crippen LogP contribution in [0.2, 0.25) is 0 Å². The zero-order chi connectivity index (χ0) is 68.8. The second-order valence-electron chi connectivity index (χ2n) is 18.9. The summed E-state index contributed by atoms with van der Waals surface area (Å²) in [6.45, 7) is 66.4. The van der Waals surface area contributed by atoms with E-state index in [0.717, 1.165) is 19.3 Å². The molecule has 3 aliphatic carbocycles. The van der Waals surface area contributed by atoms with Crippen LogP contribution in [0.15, 0.2) is 182 Å². The van der Waals surface area contributed by atoms with E-state index in [2.05, 4.69) is 259 Å². The molecule has 3 aliphatic rings. The first-order valence-electron chi connectivity index (χ1n) is 36.3. The summed E-state index contributed by atoms with van der Waals surface area (Å²) in [5, 5.41) is 8.15. The molecule has 9 aromatic rings. The van der Waals surface area contributed by atoms with E-state index in [9.17, 15) is 0 Å². The SMILES string of the molecule is CC.CC.CC.CC.CC.CC.CC.CC.CC.CCN(CC)CC.CCN(CC)CC.CCN(CC)CC.c1ccc2c(c1)Cc1c-2ccc2ccccc12.c1ccc2c(c1)Cc1cc3ccccc3cc1-2.c1ccc2c(c1)Cc1ccc3ccccc3c1-2. The molecule has 0 spiro atoms. The van der Waals surface area contributed by atoms with E-state index in [4.69, 9.17) is 0 Å². The van der Waals surface area contributed by atoms with Crippen molar-refractivity contribution < 1.29 is 0 Å². The summed E-state index contributed by atoms with van der Waals surface area (Å²) < 4.78 is 0. The number of benzene rings is 9. The minimum atomic E-state index is 1.08. The molecular formula is C87H135N3. The largest absolute Gasteiger partial charge is 0.304 e. The highest BCUT2D eigenvalue weighted by molar-refractivity contribution is 6.01. The summed E-state index contributed by atoms with van der Waals surface area (Å²) in [5.74, 6) is 0. The van der Waals surface area contributed by atoms with Crippen molar-refractivity contribution in [1.82, 2.24) is 14.7 Å². The predicted octanol–water partition coefficient (Wildman–Crippen LogP) is 26.5. The van der Waals surface area contributed by atoms with Crippen molar-refractivity contribution in [3.8, 4) is 33.4 Å². The summed E-state index contributed by atoms with van der Waals surface area (Å²) in [6, 6.07) is 65.8. The maximum atomic E-state index is 2.38. The van der Waals surface area contributed by atoms with E-state index in [1.165, 1.54) is 158 Å². The average Bonchev–Trinajstić information content (AvgIpc) is 1.68. The van der Waals surface area contributed by atoms with Gasteiger partial charge in [0, 0.05) is 0 Å². The van der Waals surface area contributed by atoms with Gasteiger partial charge in [-0.3, -0.25) is 0 Å². The predicted molar refractivity (Wildman–Crippen MR) is 419 cm³/mol. The number of hydrogen-bond acceptors (Lipinski definition) is 3. The zero-order valence-electron chi connectivity index (χ0n) is 63.1. The van der Waals surface area contributed by atoms with Gasteiger partial charge in [-0.15, -0.1) is 0 Å². The first kappa shape index (κ1) is 87.8. The highest BCUT2D eigenvalue weighted by atomic mass is 15.1. The normalized spacial score (nSPS) is 10.1. The lowest BCUT2D eigenvalue weighted by Crippen LogP contribution is -2.21. The second kappa shape index (κ2) is 56.6. The monoisotopic (exact) mass is 1220 g/mol. The Hall–Kier alpha value is -6.36. The van der Waals surface area contributed by atoms with Gasteiger partial charge in [0.15, 0.2) is 0 Å². The van der Waals surface area contributed by atoms with Crippen LogP contribution in [0.1, 0.15) is 220 Å². The Morgan fingerprint density at radius 2 is 0.522 bits per heavy atom. The summed E-state index contributed by atoms with van der Waals surface area (Å²) in [7, 11) is 0. The number of nitrogens with zero attached hydrogens (tertiary/aromatic N) is 3. The minimum Gasteiger partial charge on any atom is -0.304 e. The molecule has 0 saturated heterocycles. The Kier molecular flexibility index (Phi) is 55.3. The molecule has 498 valence electrons. The summed E-state index contributed by atoms with van der Waals surface area (Å²) >= 11 is 0. The molecule has 0 aromatic heterocycles. The molecule has 0 aliphatic heterocycles. The van der Waals surface area contributed by atoms with Crippen molar-refractivity contribution in [3.63, 3.8) is 0 Å². The molecule has 0 fully saturated rings. The van der Waals surface area contributed by atoms with Gasteiger partial charge >= 0.3 is 0 Å². The van der Waals surface area contributed by atoms with Gasteiger partial charge in [0.2, 0.25) is 0 Å². The number of fused-ring (bicyclic) bond motifs is 14. The maximum Gasteiger partial charge on any atom is -0.000729 e. The van der Waals surface area contributed by atoms with Crippen LogP contribution >= 0.6 is 0 Å². The van der Waals surface area contributed by atoms with Gasteiger partial charge < -0.3 is 14.7 Å². The molecule has 3 nitrogen and oxygen atoms in total. The van der Waals surface area contributed by atoms with Gasteiger partial charge in [-0.2, -0.15) is 0 Å². The molecule has 0 radical (unpaired) electrons. The Labute approximate surface area is 557 Å². The minimum absolute atomic E-state index is 1.08. The lowest BCUT2D eigenvalue weighted by atomic mass is 9.98. The van der Waals surface area contributed by atoms with Crippen molar-refractivity contribution >= 4 is 32.3 Å². The van der Waals surface area contributed by atoms with E-state index in [0.29, 0.717) is 0 Å². The summed E-state index contributed by atoms with van der Waals surface area (Å²) in [6.07, 6.45) is 3.24. The topological polar surface area (TPSA) is 9.72 Å². The fraction of sp³-hybridized carbons (Fsp3) is 0.448. The van der Waals surface area contributed by atoms with Crippen LogP contribution in [0.3, 0.4) is 0 Å². The van der Waals surface area contributed by atoms with Crippen molar-refractivity contribution in [2.75, 3.05) is 58.9 Å². The highest BCUT2D eigenvalue weighted by Crippen LogP contribution is 2.42. The van der Waals surface area contributed by atoms with Crippen LogP contribution in [0, 0.1) is 0 Å². The number of rotatable bonds is 9. The smallest absolute Gasteiger partial charge is 0.000729 e. The van der Waals surface area contributed by atoms with Gasteiger partial charge in [-0.25, -0.2) is 0 Å². The van der Waals surface area contributed by atoms with Crippen molar-refractivity contribution in [3.05, 3.63) is 215 Å². The molecule has 0 N–H and O–H groups in total. The van der Waals surface area contributed by atoms with Gasteiger partial charge in [-0.1, -0.05) is 363 Å². The van der Waals surface area contributed by atoms with Crippen LogP contribution in [0.4, 0.5) is 0 Å². The molecule has 0 unspecified atom stereocenters. The van der Waals surface area contributed by atoms with E-state index >= 15 is 0 Å². The second-order valence-corrected chi connectivity index (χ2v) is 18.9. The van der Waals surface area contributed by atoms with Crippen LogP contribution in [-0.4, -0.2) is 73.6 Å². The maximum absolute atomic E-state index is 2.38. The molecule has 0 saturated carbocycles. The summed E-state index contributed by atoms with van der Waals surface area (Å²) in [5.41, 5.74) is 17.3.